The Labute approximate surface area is 149 Å². The summed E-state index contributed by atoms with van der Waals surface area (Å²) in [6.45, 7) is 1.18. The van der Waals surface area contributed by atoms with E-state index in [2.05, 4.69) is 14.8 Å². The third-order valence-electron chi connectivity index (χ3n) is 3.63. The zero-order chi connectivity index (χ0) is 18.0. The molecule has 1 aliphatic rings. The van der Waals surface area contributed by atoms with Gasteiger partial charge < -0.3 is 10.1 Å². The van der Waals surface area contributed by atoms with Crippen LogP contribution >= 0.6 is 12.4 Å². The molecule has 1 saturated heterocycles. The summed E-state index contributed by atoms with van der Waals surface area (Å²) in [5, 5.41) is 3.01. The van der Waals surface area contributed by atoms with E-state index in [1.807, 2.05) is 0 Å². The first-order valence-electron chi connectivity index (χ1n) is 7.18. The van der Waals surface area contributed by atoms with Crippen LogP contribution in [0.25, 0.3) is 0 Å². The largest absolute Gasteiger partial charge is 0.465 e. The maximum Gasteiger partial charge on any atom is 0.417 e. The molecule has 11 heteroatoms. The SMILES string of the molecule is COC(=O)c1ccc(S(=O)(=O)N[C@H]2CCCNC2)cc1C(F)(F)F.Cl. The first-order valence-corrected chi connectivity index (χ1v) is 8.66. The van der Waals surface area contributed by atoms with Crippen LogP contribution in [0.5, 0.6) is 0 Å². The highest BCUT2D eigenvalue weighted by atomic mass is 35.5. The van der Waals surface area contributed by atoms with Gasteiger partial charge in [-0.2, -0.15) is 13.2 Å². The summed E-state index contributed by atoms with van der Waals surface area (Å²) in [4.78, 5) is 10.9. The normalized spacial score (nSPS) is 18.3. The second-order valence-electron chi connectivity index (χ2n) is 5.36. The smallest absolute Gasteiger partial charge is 0.417 e. The molecule has 0 spiro atoms. The van der Waals surface area contributed by atoms with Gasteiger partial charge in [0, 0.05) is 12.6 Å². The van der Waals surface area contributed by atoms with Gasteiger partial charge >= 0.3 is 12.1 Å². The number of carbonyl (C=O) groups is 1. The molecule has 1 fully saturated rings. The molecule has 2 rings (SSSR count). The summed E-state index contributed by atoms with van der Waals surface area (Å²) < 4.78 is 70.7. The first kappa shape index (κ1) is 21.7. The number of benzene rings is 1. The van der Waals surface area contributed by atoms with Crippen LogP contribution in [0.3, 0.4) is 0 Å². The fourth-order valence-corrected chi connectivity index (χ4v) is 3.75. The van der Waals surface area contributed by atoms with Gasteiger partial charge in [0.2, 0.25) is 10.0 Å². The molecule has 0 amide bonds. The summed E-state index contributed by atoms with van der Waals surface area (Å²) in [6.07, 6.45) is -3.53. The quantitative estimate of drug-likeness (QED) is 0.752. The molecule has 0 saturated carbocycles. The first-order chi connectivity index (χ1) is 11.1. The summed E-state index contributed by atoms with van der Waals surface area (Å²) in [5.41, 5.74) is -2.08. The monoisotopic (exact) mass is 402 g/mol. The minimum absolute atomic E-state index is 0. The molecule has 1 aromatic rings. The predicted molar refractivity (Wildman–Crippen MR) is 86.2 cm³/mol. The highest BCUT2D eigenvalue weighted by molar-refractivity contribution is 7.89. The second kappa shape index (κ2) is 8.35. The van der Waals surface area contributed by atoms with Gasteiger partial charge in [-0.15, -0.1) is 12.4 Å². The van der Waals surface area contributed by atoms with Gasteiger partial charge in [-0.1, -0.05) is 0 Å². The maximum atomic E-state index is 13.1. The van der Waals surface area contributed by atoms with Crippen LogP contribution in [0.2, 0.25) is 0 Å². The molecule has 0 bridgehead atoms. The standard InChI is InChI=1S/C14H17F3N2O4S.ClH/c1-23-13(20)11-5-4-10(7-12(11)14(15,16)17)24(21,22)19-9-3-2-6-18-8-9;/h4-5,7,9,18-19H,2-3,6,8H2,1H3;1H/t9-;/m0./s1. The number of hydrogen-bond donors (Lipinski definition) is 2. The van der Waals surface area contributed by atoms with E-state index in [-0.39, 0.29) is 12.4 Å². The summed E-state index contributed by atoms with van der Waals surface area (Å²) in [7, 11) is -3.18. The van der Waals surface area contributed by atoms with Gasteiger partial charge in [-0.05, 0) is 37.6 Å². The Morgan fingerprint density at radius 1 is 1.36 bits per heavy atom. The minimum Gasteiger partial charge on any atom is -0.465 e. The van der Waals surface area contributed by atoms with Crippen molar-refractivity contribution in [1.29, 1.82) is 0 Å². The van der Waals surface area contributed by atoms with Crippen LogP contribution in [0.15, 0.2) is 23.1 Å². The Balaban J connectivity index is 0.00000312. The number of carbonyl (C=O) groups excluding carboxylic acids is 1. The van der Waals surface area contributed by atoms with Crippen molar-refractivity contribution < 1.29 is 31.1 Å². The fraction of sp³-hybridized carbons (Fsp3) is 0.500. The summed E-state index contributed by atoms with van der Waals surface area (Å²) in [6, 6.07) is 1.83. The molecule has 142 valence electrons. The second-order valence-corrected chi connectivity index (χ2v) is 7.08. The lowest BCUT2D eigenvalue weighted by Crippen LogP contribution is -2.45. The van der Waals surface area contributed by atoms with E-state index < -0.39 is 44.2 Å². The van der Waals surface area contributed by atoms with Crippen LogP contribution in [-0.4, -0.2) is 40.6 Å². The lowest BCUT2D eigenvalue weighted by atomic mass is 10.1. The van der Waals surface area contributed by atoms with Gasteiger partial charge in [0.15, 0.2) is 0 Å². The number of piperidine rings is 1. The van der Waals surface area contributed by atoms with Gasteiger partial charge in [0.1, 0.15) is 0 Å². The number of nitrogens with one attached hydrogen (secondary N) is 2. The number of alkyl halides is 3. The van der Waals surface area contributed by atoms with Gasteiger partial charge in [-0.3, -0.25) is 0 Å². The van der Waals surface area contributed by atoms with Crippen LogP contribution in [0.1, 0.15) is 28.8 Å². The highest BCUT2D eigenvalue weighted by Crippen LogP contribution is 2.34. The Hall–Kier alpha value is -1.36. The van der Waals surface area contributed by atoms with Crippen LogP contribution in [0.4, 0.5) is 13.2 Å². The topological polar surface area (TPSA) is 84.5 Å². The minimum atomic E-state index is -4.89. The van der Waals surface area contributed by atoms with E-state index in [0.29, 0.717) is 19.0 Å². The van der Waals surface area contributed by atoms with Crippen molar-refractivity contribution in [3.63, 3.8) is 0 Å². The van der Waals surface area contributed by atoms with E-state index in [0.717, 1.165) is 32.2 Å². The van der Waals surface area contributed by atoms with Gasteiger partial charge in [0.25, 0.3) is 0 Å². The number of hydrogen-bond acceptors (Lipinski definition) is 5. The average Bonchev–Trinajstić information content (AvgIpc) is 2.53. The molecular formula is C14H18ClF3N2O4S. The van der Waals surface area contributed by atoms with Crippen LogP contribution < -0.4 is 10.0 Å². The Morgan fingerprint density at radius 2 is 2.04 bits per heavy atom. The van der Waals surface area contributed by atoms with E-state index in [1.165, 1.54) is 0 Å². The summed E-state index contributed by atoms with van der Waals surface area (Å²) in [5.74, 6) is -1.18. The molecule has 0 aliphatic carbocycles. The van der Waals surface area contributed by atoms with Crippen molar-refractivity contribution in [3.05, 3.63) is 29.3 Å². The van der Waals surface area contributed by atoms with E-state index in [1.54, 1.807) is 0 Å². The van der Waals surface area contributed by atoms with Crippen molar-refractivity contribution in [3.8, 4) is 0 Å². The van der Waals surface area contributed by atoms with Crippen molar-refractivity contribution in [1.82, 2.24) is 10.0 Å². The Kier molecular flexibility index (Phi) is 7.24. The lowest BCUT2D eigenvalue weighted by molar-refractivity contribution is -0.138. The van der Waals surface area contributed by atoms with Crippen LogP contribution in [-0.2, 0) is 20.9 Å². The highest BCUT2D eigenvalue weighted by Gasteiger charge is 2.37. The molecule has 0 unspecified atom stereocenters. The van der Waals surface area contributed by atoms with Crippen LogP contribution in [0, 0.1) is 0 Å². The number of ether oxygens (including phenoxy) is 1. The third-order valence-corrected chi connectivity index (χ3v) is 5.15. The zero-order valence-corrected chi connectivity index (χ0v) is 14.9. The molecule has 1 aliphatic heterocycles. The number of halogens is 4. The van der Waals surface area contributed by atoms with E-state index >= 15 is 0 Å². The number of esters is 1. The Bertz CT molecular complexity index is 719. The number of rotatable bonds is 4. The van der Waals surface area contributed by atoms with Gasteiger partial charge in [0.05, 0.1) is 23.1 Å². The van der Waals surface area contributed by atoms with Crippen molar-refractivity contribution in [2.75, 3.05) is 20.2 Å². The number of sulfonamides is 1. The lowest BCUT2D eigenvalue weighted by Gasteiger charge is -2.24. The van der Waals surface area contributed by atoms with E-state index in [9.17, 15) is 26.4 Å². The fourth-order valence-electron chi connectivity index (χ4n) is 2.45. The third kappa shape index (κ3) is 5.30. The maximum absolute atomic E-state index is 13.1. The summed E-state index contributed by atoms with van der Waals surface area (Å²) >= 11 is 0. The molecule has 1 atom stereocenters. The molecule has 0 aromatic heterocycles. The molecule has 1 heterocycles. The molecule has 25 heavy (non-hydrogen) atoms. The van der Waals surface area contributed by atoms with Crippen molar-refractivity contribution in [2.45, 2.75) is 30.0 Å². The number of methoxy groups -OCH3 is 1. The molecule has 2 N–H and O–H groups in total. The zero-order valence-electron chi connectivity index (χ0n) is 13.2. The molecule has 1 aromatic carbocycles. The van der Waals surface area contributed by atoms with Crippen molar-refractivity contribution >= 4 is 28.4 Å². The average molecular weight is 403 g/mol. The van der Waals surface area contributed by atoms with Crippen molar-refractivity contribution in [2.24, 2.45) is 0 Å². The predicted octanol–water partition coefficient (Wildman–Crippen LogP) is 1.94. The van der Waals surface area contributed by atoms with Gasteiger partial charge in [-0.25, -0.2) is 17.9 Å². The molecule has 6 nitrogen and oxygen atoms in total. The van der Waals surface area contributed by atoms with E-state index in [4.69, 9.17) is 0 Å². The molecule has 0 radical (unpaired) electrons. The molecular weight excluding hydrogens is 385 g/mol. The Morgan fingerprint density at radius 3 is 2.56 bits per heavy atom.